The summed E-state index contributed by atoms with van der Waals surface area (Å²) in [4.78, 5) is 15.4. The minimum atomic E-state index is -0.105. The number of rotatable bonds is 3. The maximum Gasteiger partial charge on any atom is 0.195 e. The summed E-state index contributed by atoms with van der Waals surface area (Å²) in [5, 5.41) is 8.98. The topological polar surface area (TPSA) is 65.9 Å². The Bertz CT molecular complexity index is 678. The van der Waals surface area contributed by atoms with Crippen molar-refractivity contribution in [2.45, 2.75) is 13.8 Å². The monoisotopic (exact) mass is 254 g/mol. The second-order valence-electron chi connectivity index (χ2n) is 4.30. The summed E-state index contributed by atoms with van der Waals surface area (Å²) < 4.78 is 5.12. The molecule has 0 radical (unpaired) electrons. The fourth-order valence-electron chi connectivity index (χ4n) is 2.11. The smallest absolute Gasteiger partial charge is 0.195 e. The molecule has 0 saturated carbocycles. The van der Waals surface area contributed by atoms with Gasteiger partial charge in [0.1, 0.15) is 17.5 Å². The highest BCUT2D eigenvalue weighted by atomic mass is 16.5. The maximum atomic E-state index is 12.5. The SMILES string of the molecule is COc1cccc(C(=O)c2c(C)[nH]c(C#N)c2C)c1. The Labute approximate surface area is 111 Å². The van der Waals surface area contributed by atoms with Crippen LogP contribution in [0.3, 0.4) is 0 Å². The normalized spacial score (nSPS) is 10.0. The van der Waals surface area contributed by atoms with Crippen LogP contribution in [0.4, 0.5) is 0 Å². The zero-order chi connectivity index (χ0) is 14.0. The summed E-state index contributed by atoms with van der Waals surface area (Å²) in [6.07, 6.45) is 0. The van der Waals surface area contributed by atoms with Crippen LogP contribution in [0.15, 0.2) is 24.3 Å². The van der Waals surface area contributed by atoms with Crippen LogP contribution in [0.5, 0.6) is 5.75 Å². The maximum absolute atomic E-state index is 12.5. The Hall–Kier alpha value is -2.54. The molecule has 96 valence electrons. The molecule has 2 rings (SSSR count). The number of hydrogen-bond donors (Lipinski definition) is 1. The molecule has 0 fully saturated rings. The van der Waals surface area contributed by atoms with Crippen LogP contribution in [0, 0.1) is 25.2 Å². The van der Waals surface area contributed by atoms with Gasteiger partial charge in [0.15, 0.2) is 5.78 Å². The Kier molecular flexibility index (Phi) is 3.39. The molecular weight excluding hydrogens is 240 g/mol. The first kappa shape index (κ1) is 12.9. The molecule has 2 aromatic rings. The largest absolute Gasteiger partial charge is 0.497 e. The molecule has 1 N–H and O–H groups in total. The average Bonchev–Trinajstić information content (AvgIpc) is 2.72. The van der Waals surface area contributed by atoms with E-state index in [1.807, 2.05) is 0 Å². The summed E-state index contributed by atoms with van der Waals surface area (Å²) in [5.74, 6) is 0.531. The van der Waals surface area contributed by atoms with Crippen LogP contribution in [-0.2, 0) is 0 Å². The fourth-order valence-corrected chi connectivity index (χ4v) is 2.11. The number of methoxy groups -OCH3 is 1. The van der Waals surface area contributed by atoms with Crippen molar-refractivity contribution in [2.75, 3.05) is 7.11 Å². The first-order valence-corrected chi connectivity index (χ1v) is 5.86. The Balaban J connectivity index is 2.50. The molecule has 4 nitrogen and oxygen atoms in total. The van der Waals surface area contributed by atoms with Crippen molar-refractivity contribution >= 4 is 5.78 Å². The lowest BCUT2D eigenvalue weighted by atomic mass is 9.99. The number of aromatic amines is 1. The number of aromatic nitrogens is 1. The van der Waals surface area contributed by atoms with Gasteiger partial charge in [0.05, 0.1) is 7.11 Å². The number of H-pyrrole nitrogens is 1. The van der Waals surface area contributed by atoms with Crippen LogP contribution in [0.25, 0.3) is 0 Å². The van der Waals surface area contributed by atoms with Crippen molar-refractivity contribution in [3.05, 3.63) is 52.3 Å². The van der Waals surface area contributed by atoms with Gasteiger partial charge in [0.25, 0.3) is 0 Å². The van der Waals surface area contributed by atoms with Gasteiger partial charge in [-0.1, -0.05) is 12.1 Å². The molecular formula is C15H14N2O2. The second kappa shape index (κ2) is 4.99. The van der Waals surface area contributed by atoms with E-state index in [9.17, 15) is 4.79 Å². The van der Waals surface area contributed by atoms with Crippen molar-refractivity contribution in [1.82, 2.24) is 4.98 Å². The van der Waals surface area contributed by atoms with Crippen LogP contribution >= 0.6 is 0 Å². The van der Waals surface area contributed by atoms with E-state index in [1.165, 1.54) is 0 Å². The van der Waals surface area contributed by atoms with E-state index in [0.29, 0.717) is 33.8 Å². The van der Waals surface area contributed by atoms with Crippen LogP contribution in [0.1, 0.15) is 32.9 Å². The summed E-state index contributed by atoms with van der Waals surface area (Å²) in [5.41, 5.74) is 2.94. The molecule has 1 aromatic heterocycles. The summed E-state index contributed by atoms with van der Waals surface area (Å²) in [6, 6.07) is 9.04. The molecule has 0 saturated heterocycles. The van der Waals surface area contributed by atoms with E-state index in [-0.39, 0.29) is 5.78 Å². The Morgan fingerprint density at radius 2 is 2.11 bits per heavy atom. The van der Waals surface area contributed by atoms with Crippen LogP contribution < -0.4 is 4.74 Å². The van der Waals surface area contributed by atoms with E-state index < -0.39 is 0 Å². The second-order valence-corrected chi connectivity index (χ2v) is 4.30. The predicted octanol–water partition coefficient (Wildman–Crippen LogP) is 2.74. The Morgan fingerprint density at radius 3 is 2.68 bits per heavy atom. The highest BCUT2D eigenvalue weighted by Gasteiger charge is 2.19. The number of ketones is 1. The molecule has 0 bridgehead atoms. The van der Waals surface area contributed by atoms with Crippen molar-refractivity contribution < 1.29 is 9.53 Å². The van der Waals surface area contributed by atoms with Crippen LogP contribution in [-0.4, -0.2) is 17.9 Å². The lowest BCUT2D eigenvalue weighted by Gasteiger charge is -2.04. The lowest BCUT2D eigenvalue weighted by Crippen LogP contribution is -2.04. The fraction of sp³-hybridized carbons (Fsp3) is 0.200. The minimum absolute atomic E-state index is 0.105. The number of ether oxygens (including phenoxy) is 1. The van der Waals surface area contributed by atoms with E-state index in [1.54, 1.807) is 45.2 Å². The van der Waals surface area contributed by atoms with Gasteiger partial charge < -0.3 is 9.72 Å². The van der Waals surface area contributed by atoms with Gasteiger partial charge >= 0.3 is 0 Å². The van der Waals surface area contributed by atoms with Crippen molar-refractivity contribution in [3.63, 3.8) is 0 Å². The summed E-state index contributed by atoms with van der Waals surface area (Å²) >= 11 is 0. The molecule has 0 spiro atoms. The van der Waals surface area contributed by atoms with Gasteiger partial charge in [0.2, 0.25) is 0 Å². The molecule has 1 aromatic carbocycles. The number of hydrogen-bond acceptors (Lipinski definition) is 3. The van der Waals surface area contributed by atoms with E-state index in [0.717, 1.165) is 0 Å². The molecule has 0 aliphatic heterocycles. The van der Waals surface area contributed by atoms with Gasteiger partial charge in [-0.2, -0.15) is 5.26 Å². The number of aryl methyl sites for hydroxylation is 1. The molecule has 4 heteroatoms. The van der Waals surface area contributed by atoms with Crippen molar-refractivity contribution in [2.24, 2.45) is 0 Å². The molecule has 1 heterocycles. The highest BCUT2D eigenvalue weighted by molar-refractivity contribution is 6.11. The third-order valence-electron chi connectivity index (χ3n) is 3.11. The predicted molar refractivity (Wildman–Crippen MR) is 71.4 cm³/mol. The number of nitrogens with one attached hydrogen (secondary N) is 1. The van der Waals surface area contributed by atoms with Crippen molar-refractivity contribution in [1.29, 1.82) is 5.26 Å². The number of carbonyl (C=O) groups is 1. The summed E-state index contributed by atoms with van der Waals surface area (Å²) in [7, 11) is 1.56. The molecule has 0 atom stereocenters. The van der Waals surface area contributed by atoms with E-state index in [2.05, 4.69) is 11.1 Å². The molecule has 0 aliphatic rings. The van der Waals surface area contributed by atoms with Gasteiger partial charge in [-0.3, -0.25) is 4.79 Å². The minimum Gasteiger partial charge on any atom is -0.497 e. The highest BCUT2D eigenvalue weighted by Crippen LogP contribution is 2.22. The first-order chi connectivity index (χ1) is 9.08. The third kappa shape index (κ3) is 2.23. The van der Waals surface area contributed by atoms with Gasteiger partial charge in [-0.25, -0.2) is 0 Å². The third-order valence-corrected chi connectivity index (χ3v) is 3.11. The standard InChI is InChI=1S/C15H14N2O2/c1-9-13(8-16)17-10(2)14(9)15(18)11-5-4-6-12(7-11)19-3/h4-7,17H,1-3H3. The quantitative estimate of drug-likeness (QED) is 0.856. The number of nitrogens with zero attached hydrogens (tertiary/aromatic N) is 1. The average molecular weight is 254 g/mol. The molecule has 0 amide bonds. The van der Waals surface area contributed by atoms with Gasteiger partial charge in [-0.05, 0) is 31.5 Å². The molecule has 19 heavy (non-hydrogen) atoms. The molecule has 0 aliphatic carbocycles. The number of nitriles is 1. The lowest BCUT2D eigenvalue weighted by molar-refractivity contribution is 0.103. The zero-order valence-electron chi connectivity index (χ0n) is 11.1. The van der Waals surface area contributed by atoms with Gasteiger partial charge in [-0.15, -0.1) is 0 Å². The number of carbonyl (C=O) groups excluding carboxylic acids is 1. The van der Waals surface area contributed by atoms with E-state index >= 15 is 0 Å². The summed E-state index contributed by atoms with van der Waals surface area (Å²) in [6.45, 7) is 3.57. The number of benzene rings is 1. The van der Waals surface area contributed by atoms with Crippen molar-refractivity contribution in [3.8, 4) is 11.8 Å². The molecule has 0 unspecified atom stereocenters. The van der Waals surface area contributed by atoms with Gasteiger partial charge in [0, 0.05) is 16.8 Å². The van der Waals surface area contributed by atoms with E-state index in [4.69, 9.17) is 10.00 Å². The zero-order valence-corrected chi connectivity index (χ0v) is 11.1. The Morgan fingerprint density at radius 1 is 1.37 bits per heavy atom. The first-order valence-electron chi connectivity index (χ1n) is 5.86. The van der Waals surface area contributed by atoms with Crippen LogP contribution in [0.2, 0.25) is 0 Å².